The summed E-state index contributed by atoms with van der Waals surface area (Å²) in [6.07, 6.45) is 4.82. The van der Waals surface area contributed by atoms with Crippen LogP contribution in [0.1, 0.15) is 24.0 Å². The molecular weight excluding hydrogens is 383 g/mol. The van der Waals surface area contributed by atoms with E-state index in [-0.39, 0.29) is 5.82 Å². The minimum absolute atomic E-state index is 0.166. The standard InChI is InChI=1S/C23H27FN4S/c24-20-6-3-5-19-22(20)29-26-23(19)28-14-12-27(13-15-28)11-9-17-7-8-21-18(16-17)4-1-2-10-25-21/h3,5-8,16,25H,1-2,4,9-15H2. The van der Waals surface area contributed by atoms with Crippen molar-refractivity contribution < 1.29 is 4.39 Å². The molecule has 6 heteroatoms. The Hall–Kier alpha value is -2.18. The van der Waals surface area contributed by atoms with Crippen molar-refractivity contribution in [3.05, 3.63) is 53.3 Å². The maximum absolute atomic E-state index is 14.0. The quantitative estimate of drug-likeness (QED) is 0.684. The molecule has 0 atom stereocenters. The lowest BCUT2D eigenvalue weighted by atomic mass is 10.0. The monoisotopic (exact) mass is 410 g/mol. The van der Waals surface area contributed by atoms with E-state index in [4.69, 9.17) is 0 Å². The zero-order chi connectivity index (χ0) is 19.6. The van der Waals surface area contributed by atoms with Gasteiger partial charge in [0, 0.05) is 50.3 Å². The lowest BCUT2D eigenvalue weighted by Gasteiger charge is -2.35. The summed E-state index contributed by atoms with van der Waals surface area (Å²) >= 11 is 1.27. The summed E-state index contributed by atoms with van der Waals surface area (Å²) in [5.74, 6) is 0.781. The molecule has 29 heavy (non-hydrogen) atoms. The van der Waals surface area contributed by atoms with Crippen LogP contribution in [0.15, 0.2) is 36.4 Å². The van der Waals surface area contributed by atoms with E-state index in [1.165, 1.54) is 53.7 Å². The van der Waals surface area contributed by atoms with Crippen LogP contribution in [0.5, 0.6) is 0 Å². The van der Waals surface area contributed by atoms with E-state index in [9.17, 15) is 4.39 Å². The van der Waals surface area contributed by atoms with Gasteiger partial charge in [-0.1, -0.05) is 18.2 Å². The Labute approximate surface area is 175 Å². The highest BCUT2D eigenvalue weighted by Crippen LogP contribution is 2.31. The lowest BCUT2D eigenvalue weighted by molar-refractivity contribution is 0.260. The number of rotatable bonds is 4. The van der Waals surface area contributed by atoms with Crippen molar-refractivity contribution in [3.63, 3.8) is 0 Å². The normalized spacial score (nSPS) is 17.8. The number of benzene rings is 2. The van der Waals surface area contributed by atoms with Crippen molar-refractivity contribution in [2.75, 3.05) is 49.5 Å². The molecule has 0 radical (unpaired) electrons. The average Bonchev–Trinajstić information content (AvgIpc) is 3.05. The predicted molar refractivity (Wildman–Crippen MR) is 120 cm³/mol. The van der Waals surface area contributed by atoms with E-state index in [2.05, 4.69) is 37.7 Å². The van der Waals surface area contributed by atoms with Crippen molar-refractivity contribution >= 4 is 33.1 Å². The van der Waals surface area contributed by atoms with Crippen LogP contribution in [0.4, 0.5) is 15.9 Å². The molecule has 152 valence electrons. The Morgan fingerprint density at radius 2 is 1.97 bits per heavy atom. The third-order valence-corrected chi connectivity index (χ3v) is 7.04. The molecule has 1 N–H and O–H groups in total. The summed E-state index contributed by atoms with van der Waals surface area (Å²) in [6.45, 7) is 6.14. The maximum atomic E-state index is 14.0. The number of halogens is 1. The number of aryl methyl sites for hydroxylation is 1. The minimum atomic E-state index is -0.166. The van der Waals surface area contributed by atoms with Gasteiger partial charge in [-0.15, -0.1) is 0 Å². The van der Waals surface area contributed by atoms with Gasteiger partial charge in [0.05, 0.1) is 4.70 Å². The molecule has 2 aromatic carbocycles. The van der Waals surface area contributed by atoms with Gasteiger partial charge in [0.15, 0.2) is 0 Å². The van der Waals surface area contributed by atoms with Gasteiger partial charge in [0.25, 0.3) is 0 Å². The van der Waals surface area contributed by atoms with Crippen LogP contribution in [-0.2, 0) is 12.8 Å². The molecule has 3 aromatic rings. The first kappa shape index (κ1) is 18.8. The molecule has 3 heterocycles. The Kier molecular flexibility index (Phi) is 5.38. The number of nitrogens with zero attached hydrogens (tertiary/aromatic N) is 3. The molecule has 4 nitrogen and oxygen atoms in total. The molecule has 0 unspecified atom stereocenters. The summed E-state index contributed by atoms with van der Waals surface area (Å²) < 4.78 is 19.2. The Balaban J connectivity index is 1.18. The first-order valence-corrected chi connectivity index (χ1v) is 11.4. The first-order chi connectivity index (χ1) is 14.3. The van der Waals surface area contributed by atoms with Gasteiger partial charge >= 0.3 is 0 Å². The molecule has 1 fully saturated rings. The molecule has 1 aromatic heterocycles. The van der Waals surface area contributed by atoms with Crippen molar-refractivity contribution in [1.82, 2.24) is 9.27 Å². The summed E-state index contributed by atoms with van der Waals surface area (Å²) in [4.78, 5) is 4.85. The van der Waals surface area contributed by atoms with E-state index < -0.39 is 0 Å². The highest BCUT2D eigenvalue weighted by molar-refractivity contribution is 7.13. The van der Waals surface area contributed by atoms with Gasteiger partial charge in [-0.05, 0) is 66.5 Å². The van der Waals surface area contributed by atoms with Crippen LogP contribution in [0.3, 0.4) is 0 Å². The summed E-state index contributed by atoms with van der Waals surface area (Å²) in [6, 6.07) is 12.2. The zero-order valence-electron chi connectivity index (χ0n) is 16.7. The number of piperazine rings is 1. The van der Waals surface area contributed by atoms with Crippen molar-refractivity contribution in [2.24, 2.45) is 0 Å². The van der Waals surface area contributed by atoms with Crippen LogP contribution < -0.4 is 10.2 Å². The minimum Gasteiger partial charge on any atom is -0.385 e. The topological polar surface area (TPSA) is 31.4 Å². The average molecular weight is 411 g/mol. The van der Waals surface area contributed by atoms with Crippen molar-refractivity contribution in [2.45, 2.75) is 25.7 Å². The van der Waals surface area contributed by atoms with Crippen LogP contribution in [0.25, 0.3) is 10.1 Å². The van der Waals surface area contributed by atoms with E-state index >= 15 is 0 Å². The van der Waals surface area contributed by atoms with Gasteiger partial charge in [-0.2, -0.15) is 4.37 Å². The predicted octanol–water partition coefficient (Wildman–Crippen LogP) is 4.55. The number of anilines is 2. The number of hydrogen-bond donors (Lipinski definition) is 1. The second-order valence-corrected chi connectivity index (χ2v) is 8.85. The third kappa shape index (κ3) is 3.96. The Bertz CT molecular complexity index is 994. The Morgan fingerprint density at radius 3 is 2.86 bits per heavy atom. The number of fused-ring (bicyclic) bond motifs is 2. The second-order valence-electron chi connectivity index (χ2n) is 8.08. The number of nitrogens with one attached hydrogen (secondary N) is 1. The van der Waals surface area contributed by atoms with Gasteiger partial charge < -0.3 is 10.2 Å². The molecule has 0 amide bonds. The number of aromatic nitrogens is 1. The Morgan fingerprint density at radius 1 is 1.07 bits per heavy atom. The molecule has 5 rings (SSSR count). The highest BCUT2D eigenvalue weighted by Gasteiger charge is 2.21. The fourth-order valence-corrected chi connectivity index (χ4v) is 5.26. The van der Waals surface area contributed by atoms with Crippen LogP contribution in [0.2, 0.25) is 0 Å². The molecule has 2 aliphatic rings. The van der Waals surface area contributed by atoms with Gasteiger partial charge in [-0.3, -0.25) is 4.90 Å². The molecular formula is C23H27FN4S. The largest absolute Gasteiger partial charge is 0.385 e. The van der Waals surface area contributed by atoms with Crippen molar-refractivity contribution in [1.29, 1.82) is 0 Å². The van der Waals surface area contributed by atoms with Crippen LogP contribution in [0, 0.1) is 5.82 Å². The summed E-state index contributed by atoms with van der Waals surface area (Å²) in [7, 11) is 0. The number of hydrogen-bond acceptors (Lipinski definition) is 5. The van der Waals surface area contributed by atoms with Gasteiger partial charge in [-0.25, -0.2) is 4.39 Å². The molecule has 1 saturated heterocycles. The molecule has 0 saturated carbocycles. The third-order valence-electron chi connectivity index (χ3n) is 6.18. The maximum Gasteiger partial charge on any atom is 0.150 e. The highest BCUT2D eigenvalue weighted by atomic mass is 32.1. The smallest absolute Gasteiger partial charge is 0.150 e. The summed E-state index contributed by atoms with van der Waals surface area (Å²) in [5.41, 5.74) is 4.25. The van der Waals surface area contributed by atoms with E-state index in [1.54, 1.807) is 6.07 Å². The molecule has 0 aliphatic carbocycles. The van der Waals surface area contributed by atoms with Crippen molar-refractivity contribution in [3.8, 4) is 0 Å². The molecule has 2 aliphatic heterocycles. The van der Waals surface area contributed by atoms with Gasteiger partial charge in [0.1, 0.15) is 11.6 Å². The second kappa shape index (κ2) is 8.28. The lowest BCUT2D eigenvalue weighted by Crippen LogP contribution is -2.47. The molecule has 0 spiro atoms. The molecule has 0 bridgehead atoms. The summed E-state index contributed by atoms with van der Waals surface area (Å²) in [5, 5.41) is 4.49. The van der Waals surface area contributed by atoms with E-state index in [0.717, 1.165) is 56.9 Å². The fourth-order valence-electron chi connectivity index (χ4n) is 4.46. The fraction of sp³-hybridized carbons (Fsp3) is 0.435. The SMILES string of the molecule is Fc1cccc2c(N3CCN(CCc4ccc5c(c4)CCCCN5)CC3)nsc12. The first-order valence-electron chi connectivity index (χ1n) is 10.6. The van der Waals surface area contributed by atoms with Gasteiger partial charge in [0.2, 0.25) is 0 Å². The zero-order valence-corrected chi connectivity index (χ0v) is 17.5. The van der Waals surface area contributed by atoms with E-state index in [0.29, 0.717) is 4.70 Å². The van der Waals surface area contributed by atoms with E-state index in [1.807, 2.05) is 6.07 Å². The van der Waals surface area contributed by atoms with Crippen LogP contribution in [-0.4, -0.2) is 48.5 Å². The van der Waals surface area contributed by atoms with Crippen LogP contribution >= 0.6 is 11.5 Å².